The number of fused-ring (bicyclic) bond motifs is 1. The molecule has 1 fully saturated rings. The molecule has 2 nitrogen and oxygen atoms in total. The van der Waals surface area contributed by atoms with Crippen LogP contribution in [0.15, 0.2) is 18.2 Å². The summed E-state index contributed by atoms with van der Waals surface area (Å²) in [5.74, 6) is -0.160. The van der Waals surface area contributed by atoms with Crippen LogP contribution in [0.5, 0.6) is 0 Å². The van der Waals surface area contributed by atoms with E-state index in [9.17, 15) is 4.39 Å². The zero-order valence-corrected chi connectivity index (χ0v) is 7.94. The highest BCUT2D eigenvalue weighted by Gasteiger charge is 2.43. The van der Waals surface area contributed by atoms with Crippen molar-refractivity contribution in [3.63, 3.8) is 0 Å². The zero-order chi connectivity index (χ0) is 9.60. The first-order chi connectivity index (χ1) is 6.79. The van der Waals surface area contributed by atoms with E-state index in [1.807, 2.05) is 6.07 Å². The van der Waals surface area contributed by atoms with Crippen molar-refractivity contribution in [3.05, 3.63) is 24.0 Å². The quantitative estimate of drug-likeness (QED) is 0.659. The van der Waals surface area contributed by atoms with Crippen LogP contribution in [0.2, 0.25) is 0 Å². The Hall–Kier alpha value is -1.25. The van der Waals surface area contributed by atoms with Gasteiger partial charge in [-0.2, -0.15) is 0 Å². The molecule has 74 valence electrons. The van der Waals surface area contributed by atoms with E-state index in [1.54, 1.807) is 6.07 Å². The molecular weight excluding hydrogens is 179 g/mol. The molecule has 0 radical (unpaired) electrons. The minimum Gasteiger partial charge on any atom is -0.383 e. The molecular formula is C11H13FN2. The predicted octanol–water partition coefficient (Wildman–Crippen LogP) is 2.44. The summed E-state index contributed by atoms with van der Waals surface area (Å²) in [6.45, 7) is 1.87. The van der Waals surface area contributed by atoms with Crippen LogP contribution in [0.25, 0.3) is 0 Å². The van der Waals surface area contributed by atoms with Gasteiger partial charge in [0.25, 0.3) is 0 Å². The Balaban J connectivity index is 1.96. The molecule has 1 saturated carbocycles. The van der Waals surface area contributed by atoms with E-state index in [0.717, 1.165) is 18.8 Å². The summed E-state index contributed by atoms with van der Waals surface area (Å²) in [5.41, 5.74) is 1.93. The molecule has 0 atom stereocenters. The lowest BCUT2D eigenvalue weighted by Gasteiger charge is -2.10. The van der Waals surface area contributed by atoms with Crippen molar-refractivity contribution < 1.29 is 4.39 Å². The van der Waals surface area contributed by atoms with Gasteiger partial charge in [-0.15, -0.1) is 0 Å². The number of benzene rings is 1. The Bertz CT molecular complexity index is 372. The molecule has 3 heteroatoms. The Labute approximate surface area is 82.5 Å². The largest absolute Gasteiger partial charge is 0.383 e. The van der Waals surface area contributed by atoms with Crippen LogP contribution >= 0.6 is 0 Å². The van der Waals surface area contributed by atoms with Crippen LogP contribution in [-0.2, 0) is 0 Å². The summed E-state index contributed by atoms with van der Waals surface area (Å²) in [6.07, 6.45) is 2.51. The summed E-state index contributed by atoms with van der Waals surface area (Å²) in [6, 6.07) is 5.17. The maximum Gasteiger partial charge on any atom is 0.148 e. The van der Waals surface area contributed by atoms with Gasteiger partial charge in [0.15, 0.2) is 0 Å². The molecule has 14 heavy (non-hydrogen) atoms. The number of hydrogen-bond donors (Lipinski definition) is 2. The summed E-state index contributed by atoms with van der Waals surface area (Å²) in [4.78, 5) is 0. The molecule has 2 aliphatic rings. The maximum atomic E-state index is 13.4. The molecule has 0 aromatic heterocycles. The molecule has 1 aromatic carbocycles. The highest BCUT2D eigenvalue weighted by atomic mass is 19.1. The zero-order valence-electron chi connectivity index (χ0n) is 7.94. The minimum atomic E-state index is -0.160. The second kappa shape index (κ2) is 2.62. The van der Waals surface area contributed by atoms with Crippen molar-refractivity contribution in [2.75, 3.05) is 23.7 Å². The van der Waals surface area contributed by atoms with Gasteiger partial charge in [-0.25, -0.2) is 4.39 Å². The number of halogens is 1. The van der Waals surface area contributed by atoms with Crippen molar-refractivity contribution >= 4 is 11.4 Å². The smallest absolute Gasteiger partial charge is 0.148 e. The van der Waals surface area contributed by atoms with Crippen molar-refractivity contribution in [1.29, 1.82) is 0 Å². The molecule has 0 amide bonds. The Morgan fingerprint density at radius 3 is 2.71 bits per heavy atom. The van der Waals surface area contributed by atoms with E-state index >= 15 is 0 Å². The number of rotatable bonds is 0. The lowest BCUT2D eigenvalue weighted by atomic mass is 10.1. The van der Waals surface area contributed by atoms with Crippen molar-refractivity contribution in [2.45, 2.75) is 12.8 Å². The highest BCUT2D eigenvalue weighted by Crippen LogP contribution is 2.47. The molecule has 0 saturated heterocycles. The van der Waals surface area contributed by atoms with Gasteiger partial charge >= 0.3 is 0 Å². The summed E-state index contributed by atoms with van der Waals surface area (Å²) < 4.78 is 13.4. The van der Waals surface area contributed by atoms with Gasteiger partial charge in [0.05, 0.1) is 11.4 Å². The Morgan fingerprint density at radius 2 is 1.93 bits per heavy atom. The standard InChI is InChI=1S/C11H13FN2/c12-8-2-1-3-9-10(8)14-7-11(4-5-11)6-13-9/h1-3,13-14H,4-7H2. The number of hydrogen-bond acceptors (Lipinski definition) is 2. The lowest BCUT2D eigenvalue weighted by Crippen LogP contribution is -2.19. The molecule has 0 bridgehead atoms. The average molecular weight is 192 g/mol. The van der Waals surface area contributed by atoms with Crippen LogP contribution in [0.4, 0.5) is 15.8 Å². The van der Waals surface area contributed by atoms with Gasteiger partial charge in [-0.1, -0.05) is 6.07 Å². The number of anilines is 2. The Morgan fingerprint density at radius 1 is 1.14 bits per heavy atom. The number of nitrogens with one attached hydrogen (secondary N) is 2. The first-order valence-electron chi connectivity index (χ1n) is 5.05. The molecule has 2 N–H and O–H groups in total. The summed E-state index contributed by atoms with van der Waals surface area (Å²) in [7, 11) is 0. The molecule has 1 spiro atoms. The fraction of sp³-hybridized carbons (Fsp3) is 0.455. The highest BCUT2D eigenvalue weighted by molar-refractivity contribution is 5.70. The second-order valence-electron chi connectivity index (χ2n) is 4.37. The van der Waals surface area contributed by atoms with Crippen molar-refractivity contribution in [2.24, 2.45) is 5.41 Å². The first kappa shape index (κ1) is 8.09. The van der Waals surface area contributed by atoms with E-state index in [4.69, 9.17) is 0 Å². The Kier molecular flexibility index (Phi) is 1.52. The molecule has 1 aliphatic heterocycles. The van der Waals surface area contributed by atoms with Gasteiger partial charge in [0.2, 0.25) is 0 Å². The second-order valence-corrected chi connectivity index (χ2v) is 4.37. The van der Waals surface area contributed by atoms with Gasteiger partial charge in [-0.3, -0.25) is 0 Å². The van der Waals surface area contributed by atoms with E-state index < -0.39 is 0 Å². The van der Waals surface area contributed by atoms with Crippen LogP contribution in [0, 0.1) is 11.2 Å². The lowest BCUT2D eigenvalue weighted by molar-refractivity contribution is 0.578. The van der Waals surface area contributed by atoms with E-state index in [1.165, 1.54) is 18.9 Å². The van der Waals surface area contributed by atoms with Crippen LogP contribution in [0.3, 0.4) is 0 Å². The van der Waals surface area contributed by atoms with E-state index in [2.05, 4.69) is 10.6 Å². The molecule has 3 rings (SSSR count). The summed E-state index contributed by atoms with van der Waals surface area (Å²) >= 11 is 0. The van der Waals surface area contributed by atoms with Crippen molar-refractivity contribution in [3.8, 4) is 0 Å². The maximum absolute atomic E-state index is 13.4. The molecule has 1 heterocycles. The monoisotopic (exact) mass is 192 g/mol. The third kappa shape index (κ3) is 1.15. The van der Waals surface area contributed by atoms with Crippen LogP contribution in [0.1, 0.15) is 12.8 Å². The van der Waals surface area contributed by atoms with Gasteiger partial charge < -0.3 is 10.6 Å². The fourth-order valence-electron chi connectivity index (χ4n) is 2.00. The third-order valence-electron chi connectivity index (χ3n) is 3.26. The topological polar surface area (TPSA) is 24.1 Å². The van der Waals surface area contributed by atoms with Crippen LogP contribution in [-0.4, -0.2) is 13.1 Å². The van der Waals surface area contributed by atoms with Gasteiger partial charge in [-0.05, 0) is 25.0 Å². The van der Waals surface area contributed by atoms with Crippen LogP contribution < -0.4 is 10.6 Å². The van der Waals surface area contributed by atoms with Gasteiger partial charge in [0.1, 0.15) is 5.82 Å². The first-order valence-corrected chi connectivity index (χ1v) is 5.05. The van der Waals surface area contributed by atoms with Gasteiger partial charge in [0, 0.05) is 18.5 Å². The summed E-state index contributed by atoms with van der Waals surface area (Å²) in [5, 5.41) is 6.52. The normalized spacial score (nSPS) is 21.8. The molecule has 1 aromatic rings. The third-order valence-corrected chi connectivity index (χ3v) is 3.26. The molecule has 1 aliphatic carbocycles. The molecule has 0 unspecified atom stereocenters. The fourth-order valence-corrected chi connectivity index (χ4v) is 2.00. The SMILES string of the molecule is Fc1cccc2c1NCC1(CC1)CN2. The van der Waals surface area contributed by atoms with Crippen molar-refractivity contribution in [1.82, 2.24) is 0 Å². The van der Waals surface area contributed by atoms with E-state index in [-0.39, 0.29) is 5.82 Å². The predicted molar refractivity (Wildman–Crippen MR) is 55.0 cm³/mol. The number of para-hydroxylation sites is 1. The minimum absolute atomic E-state index is 0.160. The van der Waals surface area contributed by atoms with E-state index in [0.29, 0.717) is 11.1 Å². The average Bonchev–Trinajstić information content (AvgIpc) is 2.96.